The molecule has 2 aromatic heterocycles. The molecule has 2 heterocycles. The third kappa shape index (κ3) is 3.91. The summed E-state index contributed by atoms with van der Waals surface area (Å²) in [6.07, 6.45) is -1.28. The molecule has 0 aliphatic heterocycles. The number of nitrogens with zero attached hydrogens (tertiary/aromatic N) is 5. The van der Waals surface area contributed by atoms with Crippen LogP contribution in [0.3, 0.4) is 0 Å². The van der Waals surface area contributed by atoms with Gasteiger partial charge in [0.1, 0.15) is 5.69 Å². The Bertz CT molecular complexity index is 1230. The lowest BCUT2D eigenvalue weighted by Gasteiger charge is -2.12. The van der Waals surface area contributed by atoms with Crippen molar-refractivity contribution in [1.29, 1.82) is 0 Å². The van der Waals surface area contributed by atoms with Crippen LogP contribution in [0.4, 0.5) is 13.2 Å². The van der Waals surface area contributed by atoms with Crippen molar-refractivity contribution in [2.45, 2.75) is 19.5 Å². The Hall–Kier alpha value is -3.82. The van der Waals surface area contributed by atoms with Gasteiger partial charge in [-0.25, -0.2) is 9.36 Å². The van der Waals surface area contributed by atoms with Crippen molar-refractivity contribution in [1.82, 2.24) is 24.8 Å². The normalized spacial score (nSPS) is 11.6. The third-order valence-corrected chi connectivity index (χ3v) is 5.03. The van der Waals surface area contributed by atoms with E-state index in [9.17, 15) is 13.2 Å². The lowest BCUT2D eigenvalue weighted by Crippen LogP contribution is -2.15. The Morgan fingerprint density at radius 1 is 0.938 bits per heavy atom. The minimum atomic E-state index is -4.50. The third-order valence-electron chi connectivity index (χ3n) is 5.03. The second-order valence-electron chi connectivity index (χ2n) is 6.92. The number of hydrogen-bond acceptors (Lipinski definition) is 5. The van der Waals surface area contributed by atoms with Crippen LogP contribution in [0.25, 0.3) is 22.6 Å². The molecule has 32 heavy (non-hydrogen) atoms. The first kappa shape index (κ1) is 21.4. The minimum absolute atomic E-state index is 0.150. The number of halogens is 3. The first-order valence-electron chi connectivity index (χ1n) is 9.75. The summed E-state index contributed by atoms with van der Waals surface area (Å²) in [4.78, 5) is 0. The van der Waals surface area contributed by atoms with Crippen LogP contribution in [-0.4, -0.2) is 39.0 Å². The van der Waals surface area contributed by atoms with Crippen molar-refractivity contribution in [3.63, 3.8) is 0 Å². The van der Waals surface area contributed by atoms with E-state index in [1.165, 1.54) is 6.20 Å². The monoisotopic (exact) mass is 443 g/mol. The number of rotatable bonds is 6. The average Bonchev–Trinajstić information content (AvgIpc) is 3.46. The number of ether oxygens (including phenoxy) is 2. The quantitative estimate of drug-likeness (QED) is 0.432. The van der Waals surface area contributed by atoms with Gasteiger partial charge in [0.25, 0.3) is 0 Å². The van der Waals surface area contributed by atoms with Gasteiger partial charge >= 0.3 is 6.18 Å². The Labute approximate surface area is 182 Å². The zero-order chi connectivity index (χ0) is 22.9. The van der Waals surface area contributed by atoms with Gasteiger partial charge in [-0.05, 0) is 48.9 Å². The summed E-state index contributed by atoms with van der Waals surface area (Å²) in [5, 5.41) is 12.3. The Balaban J connectivity index is 1.63. The molecule has 4 rings (SSSR count). The van der Waals surface area contributed by atoms with Gasteiger partial charge in [0.15, 0.2) is 17.2 Å². The highest BCUT2D eigenvalue weighted by atomic mass is 19.4. The van der Waals surface area contributed by atoms with Crippen LogP contribution in [0, 0.1) is 0 Å². The maximum atomic E-state index is 13.5. The summed E-state index contributed by atoms with van der Waals surface area (Å²) in [6, 6.07) is 11.8. The summed E-state index contributed by atoms with van der Waals surface area (Å²) in [7, 11) is 3.11. The van der Waals surface area contributed by atoms with Crippen molar-refractivity contribution in [2.75, 3.05) is 14.2 Å². The molecule has 0 saturated heterocycles. The smallest absolute Gasteiger partial charge is 0.433 e. The number of benzene rings is 2. The van der Waals surface area contributed by atoms with Crippen LogP contribution in [0.1, 0.15) is 18.2 Å². The molecule has 0 unspecified atom stereocenters. The lowest BCUT2D eigenvalue weighted by atomic mass is 10.1. The second kappa shape index (κ2) is 8.37. The number of hydrogen-bond donors (Lipinski definition) is 0. The average molecular weight is 443 g/mol. The number of methoxy groups -OCH3 is 2. The van der Waals surface area contributed by atoms with E-state index in [2.05, 4.69) is 15.4 Å². The van der Waals surface area contributed by atoms with E-state index in [0.29, 0.717) is 28.6 Å². The predicted octanol–water partition coefficient (Wildman–Crippen LogP) is 4.72. The van der Waals surface area contributed by atoms with E-state index in [0.717, 1.165) is 10.2 Å². The van der Waals surface area contributed by atoms with E-state index in [4.69, 9.17) is 9.47 Å². The molecule has 0 fully saturated rings. The van der Waals surface area contributed by atoms with Gasteiger partial charge in [0.05, 0.1) is 38.0 Å². The Morgan fingerprint density at radius 2 is 1.62 bits per heavy atom. The molecular weight excluding hydrogens is 423 g/mol. The fourth-order valence-corrected chi connectivity index (χ4v) is 3.40. The van der Waals surface area contributed by atoms with Crippen molar-refractivity contribution in [3.05, 3.63) is 66.1 Å². The summed E-state index contributed by atoms with van der Waals surface area (Å²) < 4.78 is 53.6. The summed E-state index contributed by atoms with van der Waals surface area (Å²) in [5.74, 6) is 1.16. The molecule has 0 aliphatic carbocycles. The standard InChI is InChI=1S/C22H20F3N5O2/c1-4-14-12-26-30(21(14)22(23,24)25)17-8-6-16(7-9-17)29-13-18(27-28-29)15-5-10-19(31-2)20(11-15)32-3/h5-13H,4H2,1-3H3. The zero-order valence-corrected chi connectivity index (χ0v) is 17.6. The van der Waals surface area contributed by atoms with E-state index >= 15 is 0 Å². The van der Waals surface area contributed by atoms with E-state index in [1.807, 2.05) is 6.07 Å². The summed E-state index contributed by atoms with van der Waals surface area (Å²) >= 11 is 0. The SMILES string of the molecule is CCc1cnn(-c2ccc(-n3cc(-c4ccc(OC)c(OC)c4)nn3)cc2)c1C(F)(F)F. The van der Waals surface area contributed by atoms with Crippen molar-refractivity contribution in [2.24, 2.45) is 0 Å². The van der Waals surface area contributed by atoms with E-state index in [-0.39, 0.29) is 12.0 Å². The van der Waals surface area contributed by atoms with Crippen molar-refractivity contribution >= 4 is 0 Å². The van der Waals surface area contributed by atoms with Gasteiger partial charge in [0.2, 0.25) is 0 Å². The largest absolute Gasteiger partial charge is 0.493 e. The molecule has 0 spiro atoms. The molecule has 0 bridgehead atoms. The molecule has 0 amide bonds. The van der Waals surface area contributed by atoms with Crippen LogP contribution in [0.2, 0.25) is 0 Å². The molecule has 10 heteroatoms. The Kier molecular flexibility index (Phi) is 5.60. The van der Waals surface area contributed by atoms with Gasteiger partial charge in [-0.1, -0.05) is 12.1 Å². The van der Waals surface area contributed by atoms with E-state index in [1.54, 1.807) is 68.4 Å². The molecule has 7 nitrogen and oxygen atoms in total. The molecule has 4 aromatic rings. The van der Waals surface area contributed by atoms with Crippen molar-refractivity contribution < 1.29 is 22.6 Å². The minimum Gasteiger partial charge on any atom is -0.493 e. The van der Waals surface area contributed by atoms with Crippen LogP contribution in [-0.2, 0) is 12.6 Å². The van der Waals surface area contributed by atoms with Gasteiger partial charge in [0, 0.05) is 11.1 Å². The number of aryl methyl sites for hydroxylation is 1. The molecule has 0 saturated carbocycles. The summed E-state index contributed by atoms with van der Waals surface area (Å²) in [5.41, 5.74) is 1.73. The Morgan fingerprint density at radius 3 is 2.25 bits per heavy atom. The molecule has 0 atom stereocenters. The first-order valence-corrected chi connectivity index (χ1v) is 9.75. The van der Waals surface area contributed by atoms with Gasteiger partial charge in [-0.15, -0.1) is 5.10 Å². The number of aromatic nitrogens is 5. The van der Waals surface area contributed by atoms with E-state index < -0.39 is 11.9 Å². The zero-order valence-electron chi connectivity index (χ0n) is 17.6. The van der Waals surface area contributed by atoms with Crippen LogP contribution >= 0.6 is 0 Å². The maximum Gasteiger partial charge on any atom is 0.433 e. The maximum absolute atomic E-state index is 13.5. The molecule has 0 radical (unpaired) electrons. The van der Waals surface area contributed by atoms with Gasteiger partial charge in [-0.2, -0.15) is 18.3 Å². The van der Waals surface area contributed by atoms with Crippen molar-refractivity contribution in [3.8, 4) is 34.1 Å². The van der Waals surface area contributed by atoms with Crippen LogP contribution in [0.15, 0.2) is 54.9 Å². The first-order chi connectivity index (χ1) is 15.4. The molecular formula is C22H20F3N5O2. The molecule has 2 aromatic carbocycles. The fraction of sp³-hybridized carbons (Fsp3) is 0.227. The lowest BCUT2D eigenvalue weighted by molar-refractivity contribution is -0.143. The highest BCUT2D eigenvalue weighted by molar-refractivity contribution is 5.63. The fourth-order valence-electron chi connectivity index (χ4n) is 3.40. The number of alkyl halides is 3. The second-order valence-corrected chi connectivity index (χ2v) is 6.92. The van der Waals surface area contributed by atoms with Crippen LogP contribution < -0.4 is 9.47 Å². The summed E-state index contributed by atoms with van der Waals surface area (Å²) in [6.45, 7) is 1.67. The molecule has 166 valence electrons. The topological polar surface area (TPSA) is 67.0 Å². The predicted molar refractivity (Wildman–Crippen MR) is 111 cm³/mol. The van der Waals surface area contributed by atoms with Gasteiger partial charge in [-0.3, -0.25) is 0 Å². The molecule has 0 N–H and O–H groups in total. The molecule has 0 aliphatic rings. The van der Waals surface area contributed by atoms with Gasteiger partial charge < -0.3 is 9.47 Å². The highest BCUT2D eigenvalue weighted by Gasteiger charge is 2.38. The highest BCUT2D eigenvalue weighted by Crippen LogP contribution is 2.34. The van der Waals surface area contributed by atoms with Crippen LogP contribution in [0.5, 0.6) is 11.5 Å².